The van der Waals surface area contributed by atoms with Crippen molar-refractivity contribution in [2.75, 3.05) is 14.2 Å². The maximum Gasteiger partial charge on any atom is 0.387 e. The molecule has 0 aliphatic rings. The lowest BCUT2D eigenvalue weighted by molar-refractivity contribution is 0.262. The van der Waals surface area contributed by atoms with Crippen LogP contribution < -0.4 is 0 Å². The van der Waals surface area contributed by atoms with Gasteiger partial charge < -0.3 is 8.85 Å². The minimum absolute atomic E-state index is 0.639. The van der Waals surface area contributed by atoms with Crippen LogP contribution in [-0.4, -0.2) is 23.5 Å². The van der Waals surface area contributed by atoms with Crippen molar-refractivity contribution in [3.63, 3.8) is 0 Å². The van der Waals surface area contributed by atoms with Gasteiger partial charge in [0.2, 0.25) is 0 Å². The van der Waals surface area contributed by atoms with E-state index in [9.17, 15) is 0 Å². The molecule has 0 spiro atoms. The van der Waals surface area contributed by atoms with E-state index in [1.807, 2.05) is 0 Å². The Bertz CT molecular complexity index is 60.0. The molecule has 0 bridgehead atoms. The molecule has 0 saturated heterocycles. The number of rotatable bonds is 5. The Labute approximate surface area is 65.4 Å². The molecule has 0 saturated carbocycles. The van der Waals surface area contributed by atoms with Gasteiger partial charge >= 0.3 is 9.28 Å². The summed E-state index contributed by atoms with van der Waals surface area (Å²) >= 11 is 0. The lowest BCUT2D eigenvalue weighted by atomic mass is 10.3. The van der Waals surface area contributed by atoms with Crippen LogP contribution in [-0.2, 0) is 8.85 Å². The largest absolute Gasteiger partial charge is 0.397 e. The van der Waals surface area contributed by atoms with Crippen LogP contribution in [0.4, 0.5) is 0 Å². The van der Waals surface area contributed by atoms with Gasteiger partial charge in [0.05, 0.1) is 0 Å². The average Bonchev–Trinajstić information content (AvgIpc) is 2.00. The zero-order valence-electron chi connectivity index (χ0n) is 7.31. The van der Waals surface area contributed by atoms with Gasteiger partial charge in [-0.15, -0.1) is 0 Å². The second kappa shape index (κ2) is 5.89. The smallest absolute Gasteiger partial charge is 0.387 e. The van der Waals surface area contributed by atoms with E-state index in [1.165, 1.54) is 0 Å². The van der Waals surface area contributed by atoms with E-state index in [0.717, 1.165) is 12.8 Å². The second-order valence-corrected chi connectivity index (χ2v) is 4.51. The quantitative estimate of drug-likeness (QED) is 0.574. The molecule has 0 aromatic heterocycles. The van der Waals surface area contributed by atoms with E-state index in [1.54, 1.807) is 14.2 Å². The predicted molar refractivity (Wildman–Crippen MR) is 44.1 cm³/mol. The maximum absolute atomic E-state index is 5.22. The predicted octanol–water partition coefficient (Wildman–Crippen LogP) is 1.96. The Morgan fingerprint density at radius 2 is 1.50 bits per heavy atom. The summed E-state index contributed by atoms with van der Waals surface area (Å²) < 4.78 is 10.4. The van der Waals surface area contributed by atoms with Crippen molar-refractivity contribution in [3.05, 3.63) is 0 Å². The van der Waals surface area contributed by atoms with Gasteiger partial charge in [0, 0.05) is 19.8 Å². The zero-order chi connectivity index (χ0) is 7.98. The molecule has 0 atom stereocenters. The molecule has 0 fully saturated rings. The summed E-state index contributed by atoms with van der Waals surface area (Å²) in [6, 6.07) is 0. The van der Waals surface area contributed by atoms with Crippen LogP contribution in [0.5, 0.6) is 0 Å². The van der Waals surface area contributed by atoms with Gasteiger partial charge in [-0.1, -0.05) is 26.7 Å². The van der Waals surface area contributed by atoms with Gasteiger partial charge in [0.25, 0.3) is 0 Å². The minimum Gasteiger partial charge on any atom is -0.397 e. The molecule has 0 aromatic carbocycles. The highest BCUT2D eigenvalue weighted by Gasteiger charge is 2.22. The fourth-order valence-corrected chi connectivity index (χ4v) is 2.54. The Hall–Kier alpha value is 0.137. The van der Waals surface area contributed by atoms with Gasteiger partial charge in [-0.3, -0.25) is 0 Å². The topological polar surface area (TPSA) is 18.5 Å². The van der Waals surface area contributed by atoms with Crippen molar-refractivity contribution in [3.8, 4) is 0 Å². The van der Waals surface area contributed by atoms with Crippen LogP contribution in [0.1, 0.15) is 26.7 Å². The molecular weight excluding hydrogens is 144 g/mol. The Balaban J connectivity index is 3.70. The third-order valence-corrected chi connectivity index (χ3v) is 4.01. The third-order valence-electron chi connectivity index (χ3n) is 1.72. The van der Waals surface area contributed by atoms with Gasteiger partial charge in [-0.2, -0.15) is 0 Å². The maximum atomic E-state index is 5.22. The molecule has 0 aromatic rings. The molecule has 0 aliphatic carbocycles. The Kier molecular flexibility index (Phi) is 5.97. The van der Waals surface area contributed by atoms with Gasteiger partial charge in [-0.25, -0.2) is 0 Å². The molecular formula is C7H17O2Si. The van der Waals surface area contributed by atoms with Crippen molar-refractivity contribution < 1.29 is 8.85 Å². The molecule has 2 nitrogen and oxygen atoms in total. The van der Waals surface area contributed by atoms with Crippen molar-refractivity contribution >= 4 is 9.28 Å². The van der Waals surface area contributed by atoms with Crippen LogP contribution in [0.3, 0.4) is 0 Å². The summed E-state index contributed by atoms with van der Waals surface area (Å²) in [4.78, 5) is 0. The van der Waals surface area contributed by atoms with Crippen LogP contribution in [0.25, 0.3) is 0 Å². The average molecular weight is 161 g/mol. The Morgan fingerprint density at radius 1 is 1.10 bits per heavy atom. The standard InChI is InChI=1S/C7H17O2Si/c1-5-7(6-2)10(8-3)9-4/h7H,5-6H2,1-4H3. The van der Waals surface area contributed by atoms with E-state index in [2.05, 4.69) is 13.8 Å². The van der Waals surface area contributed by atoms with E-state index in [-0.39, 0.29) is 0 Å². The lowest BCUT2D eigenvalue weighted by Gasteiger charge is -2.17. The number of hydrogen-bond acceptors (Lipinski definition) is 2. The molecule has 1 radical (unpaired) electrons. The van der Waals surface area contributed by atoms with Gasteiger partial charge in [0.1, 0.15) is 0 Å². The molecule has 10 heavy (non-hydrogen) atoms. The van der Waals surface area contributed by atoms with E-state index < -0.39 is 9.28 Å². The fourth-order valence-electron chi connectivity index (χ4n) is 1.04. The summed E-state index contributed by atoms with van der Waals surface area (Å²) in [6.07, 6.45) is 2.32. The molecule has 0 heterocycles. The summed E-state index contributed by atoms with van der Waals surface area (Å²) in [5.41, 5.74) is 0.639. The van der Waals surface area contributed by atoms with Crippen molar-refractivity contribution in [2.24, 2.45) is 0 Å². The van der Waals surface area contributed by atoms with Crippen LogP contribution in [0, 0.1) is 0 Å². The third kappa shape index (κ3) is 2.81. The Morgan fingerprint density at radius 3 is 1.60 bits per heavy atom. The fraction of sp³-hybridized carbons (Fsp3) is 1.00. The van der Waals surface area contributed by atoms with Gasteiger partial charge in [0.15, 0.2) is 0 Å². The lowest BCUT2D eigenvalue weighted by Crippen LogP contribution is -2.25. The first-order valence-corrected chi connectivity index (χ1v) is 5.14. The second-order valence-electron chi connectivity index (χ2n) is 2.24. The molecule has 61 valence electrons. The molecule has 3 heteroatoms. The summed E-state index contributed by atoms with van der Waals surface area (Å²) in [7, 11) is 2.50. The van der Waals surface area contributed by atoms with Crippen molar-refractivity contribution in [2.45, 2.75) is 32.2 Å². The summed E-state index contributed by atoms with van der Waals surface area (Å²) in [5.74, 6) is 0. The van der Waals surface area contributed by atoms with E-state index >= 15 is 0 Å². The first-order chi connectivity index (χ1) is 4.79. The van der Waals surface area contributed by atoms with E-state index in [0.29, 0.717) is 5.54 Å². The van der Waals surface area contributed by atoms with Crippen molar-refractivity contribution in [1.82, 2.24) is 0 Å². The highest BCUT2D eigenvalue weighted by molar-refractivity contribution is 6.46. The SMILES string of the molecule is CCC(CC)[Si](OC)OC. The highest BCUT2D eigenvalue weighted by Crippen LogP contribution is 2.19. The first kappa shape index (κ1) is 10.1. The molecule has 0 unspecified atom stereocenters. The minimum atomic E-state index is -0.963. The van der Waals surface area contributed by atoms with Gasteiger partial charge in [-0.05, 0) is 0 Å². The molecule has 0 N–H and O–H groups in total. The number of hydrogen-bond donors (Lipinski definition) is 0. The zero-order valence-corrected chi connectivity index (χ0v) is 8.31. The van der Waals surface area contributed by atoms with Crippen molar-refractivity contribution in [1.29, 1.82) is 0 Å². The van der Waals surface area contributed by atoms with E-state index in [4.69, 9.17) is 8.85 Å². The monoisotopic (exact) mass is 161 g/mol. The normalized spacial score (nSPS) is 11.4. The summed E-state index contributed by atoms with van der Waals surface area (Å²) in [5, 5.41) is 0. The molecule has 0 aliphatic heterocycles. The van der Waals surface area contributed by atoms with Crippen LogP contribution >= 0.6 is 0 Å². The highest BCUT2D eigenvalue weighted by atomic mass is 28.3. The van der Waals surface area contributed by atoms with Crippen LogP contribution in [0.2, 0.25) is 5.54 Å². The molecule has 0 rings (SSSR count). The van der Waals surface area contributed by atoms with Crippen LogP contribution in [0.15, 0.2) is 0 Å². The first-order valence-electron chi connectivity index (χ1n) is 3.74. The molecule has 0 amide bonds. The summed E-state index contributed by atoms with van der Waals surface area (Å²) in [6.45, 7) is 4.35.